The van der Waals surface area contributed by atoms with Crippen LogP contribution in [0.4, 0.5) is 4.79 Å². The Morgan fingerprint density at radius 1 is 1.24 bits per heavy atom. The normalized spacial score (nSPS) is 27.9. The van der Waals surface area contributed by atoms with Crippen LogP contribution in [0.15, 0.2) is 0 Å². The Balaban J connectivity index is 1.44. The number of urea groups is 1. The molecule has 0 radical (unpaired) electrons. The van der Waals surface area contributed by atoms with E-state index >= 15 is 0 Å². The van der Waals surface area contributed by atoms with E-state index < -0.39 is 0 Å². The minimum Gasteiger partial charge on any atom is -0.337 e. The first kappa shape index (κ1) is 11.4. The third-order valence-electron chi connectivity index (χ3n) is 5.00. The van der Waals surface area contributed by atoms with E-state index in [1.165, 1.54) is 38.5 Å². The van der Waals surface area contributed by atoms with Gasteiger partial charge in [0.2, 0.25) is 0 Å². The molecular formula is C14H24N2O. The van der Waals surface area contributed by atoms with Crippen LogP contribution >= 0.6 is 0 Å². The standard InChI is InChI=1S/C14H24N2O/c1-11-4-8-16(9-5-11)13(17)15-10-14(6-7-14)12-2-3-12/h11-12H,2-10H2,1H3,(H,15,17). The highest BCUT2D eigenvalue weighted by Gasteiger charge is 2.53. The molecule has 0 unspecified atom stereocenters. The Morgan fingerprint density at radius 2 is 1.88 bits per heavy atom. The summed E-state index contributed by atoms with van der Waals surface area (Å²) in [6.07, 6.45) is 7.82. The summed E-state index contributed by atoms with van der Waals surface area (Å²) in [6.45, 7) is 5.11. The number of carbonyl (C=O) groups is 1. The lowest BCUT2D eigenvalue weighted by atomic mass is 9.99. The smallest absolute Gasteiger partial charge is 0.317 e. The molecule has 3 heteroatoms. The number of hydrogen-bond acceptors (Lipinski definition) is 1. The van der Waals surface area contributed by atoms with E-state index in [0.29, 0.717) is 5.41 Å². The number of nitrogens with one attached hydrogen (secondary N) is 1. The third-order valence-corrected chi connectivity index (χ3v) is 5.00. The highest BCUT2D eigenvalue weighted by Crippen LogP contribution is 2.60. The van der Waals surface area contributed by atoms with E-state index in [-0.39, 0.29) is 6.03 Å². The predicted molar refractivity (Wildman–Crippen MR) is 67.8 cm³/mol. The number of amides is 2. The minimum atomic E-state index is 0.184. The van der Waals surface area contributed by atoms with Crippen molar-refractivity contribution < 1.29 is 4.79 Å². The van der Waals surface area contributed by atoms with Gasteiger partial charge in [0.1, 0.15) is 0 Å². The molecule has 17 heavy (non-hydrogen) atoms. The van der Waals surface area contributed by atoms with Crippen LogP contribution in [0.1, 0.15) is 45.4 Å². The zero-order chi connectivity index (χ0) is 11.9. The van der Waals surface area contributed by atoms with Gasteiger partial charge in [-0.25, -0.2) is 4.79 Å². The molecule has 1 heterocycles. The number of nitrogens with zero attached hydrogens (tertiary/aromatic N) is 1. The molecule has 3 nitrogen and oxygen atoms in total. The maximum atomic E-state index is 12.0. The van der Waals surface area contributed by atoms with Crippen molar-refractivity contribution in [2.75, 3.05) is 19.6 Å². The van der Waals surface area contributed by atoms with Gasteiger partial charge in [-0.1, -0.05) is 6.92 Å². The molecule has 0 aromatic heterocycles. The predicted octanol–water partition coefficient (Wildman–Crippen LogP) is 2.62. The highest BCUT2D eigenvalue weighted by atomic mass is 16.2. The van der Waals surface area contributed by atoms with Crippen molar-refractivity contribution >= 4 is 6.03 Å². The van der Waals surface area contributed by atoms with E-state index in [4.69, 9.17) is 0 Å². The molecule has 1 N–H and O–H groups in total. The van der Waals surface area contributed by atoms with Crippen LogP contribution in [-0.4, -0.2) is 30.6 Å². The molecule has 0 aromatic carbocycles. The molecule has 2 amide bonds. The van der Waals surface area contributed by atoms with Gasteiger partial charge in [0.05, 0.1) is 0 Å². The Kier molecular flexibility index (Phi) is 2.80. The molecular weight excluding hydrogens is 212 g/mol. The molecule has 1 aliphatic heterocycles. The molecule has 0 spiro atoms. The summed E-state index contributed by atoms with van der Waals surface area (Å²) in [5, 5.41) is 3.18. The first-order chi connectivity index (χ1) is 8.20. The van der Waals surface area contributed by atoms with Crippen LogP contribution in [0.25, 0.3) is 0 Å². The molecule has 0 bridgehead atoms. The van der Waals surface area contributed by atoms with Crippen LogP contribution in [-0.2, 0) is 0 Å². The third kappa shape index (κ3) is 2.43. The Morgan fingerprint density at radius 3 is 2.41 bits per heavy atom. The van der Waals surface area contributed by atoms with Crippen molar-refractivity contribution in [1.29, 1.82) is 0 Å². The lowest BCUT2D eigenvalue weighted by molar-refractivity contribution is 0.171. The van der Waals surface area contributed by atoms with Gasteiger partial charge in [0.15, 0.2) is 0 Å². The van der Waals surface area contributed by atoms with Gasteiger partial charge in [0, 0.05) is 19.6 Å². The van der Waals surface area contributed by atoms with E-state index in [2.05, 4.69) is 12.2 Å². The maximum Gasteiger partial charge on any atom is 0.317 e. The van der Waals surface area contributed by atoms with Crippen molar-refractivity contribution in [3.05, 3.63) is 0 Å². The summed E-state index contributed by atoms with van der Waals surface area (Å²) in [7, 11) is 0. The topological polar surface area (TPSA) is 32.3 Å². The van der Waals surface area contributed by atoms with Gasteiger partial charge < -0.3 is 10.2 Å². The zero-order valence-electron chi connectivity index (χ0n) is 10.9. The quantitative estimate of drug-likeness (QED) is 0.802. The molecule has 0 atom stereocenters. The lowest BCUT2D eigenvalue weighted by Gasteiger charge is -2.31. The first-order valence-electron chi connectivity index (χ1n) is 7.22. The molecule has 0 aromatic rings. The van der Waals surface area contributed by atoms with Gasteiger partial charge >= 0.3 is 6.03 Å². The van der Waals surface area contributed by atoms with Gasteiger partial charge in [-0.2, -0.15) is 0 Å². The molecule has 3 fully saturated rings. The largest absolute Gasteiger partial charge is 0.337 e. The Hall–Kier alpha value is -0.730. The van der Waals surface area contributed by atoms with E-state index in [1.807, 2.05) is 4.90 Å². The molecule has 3 rings (SSSR count). The number of hydrogen-bond donors (Lipinski definition) is 1. The summed E-state index contributed by atoms with van der Waals surface area (Å²) >= 11 is 0. The summed E-state index contributed by atoms with van der Waals surface area (Å²) in [5.41, 5.74) is 0.527. The van der Waals surface area contributed by atoms with E-state index in [1.54, 1.807) is 0 Å². The number of carbonyl (C=O) groups excluding carboxylic acids is 1. The van der Waals surface area contributed by atoms with Crippen LogP contribution in [0, 0.1) is 17.3 Å². The lowest BCUT2D eigenvalue weighted by Crippen LogP contribution is -2.45. The fourth-order valence-electron chi connectivity index (χ4n) is 3.16. The fourth-order valence-corrected chi connectivity index (χ4v) is 3.16. The maximum absolute atomic E-state index is 12.0. The van der Waals surface area contributed by atoms with E-state index in [9.17, 15) is 4.79 Å². The van der Waals surface area contributed by atoms with Crippen molar-refractivity contribution in [3.63, 3.8) is 0 Å². The molecule has 2 saturated carbocycles. The summed E-state index contributed by atoms with van der Waals surface area (Å²) in [5.74, 6) is 1.73. The average molecular weight is 236 g/mol. The second kappa shape index (κ2) is 4.18. The molecule has 3 aliphatic rings. The van der Waals surface area contributed by atoms with E-state index in [0.717, 1.165) is 31.5 Å². The monoisotopic (exact) mass is 236 g/mol. The summed E-state index contributed by atoms with van der Waals surface area (Å²) in [4.78, 5) is 14.0. The summed E-state index contributed by atoms with van der Waals surface area (Å²) in [6, 6.07) is 0.184. The summed E-state index contributed by atoms with van der Waals surface area (Å²) < 4.78 is 0. The second-order valence-corrected chi connectivity index (χ2v) is 6.46. The minimum absolute atomic E-state index is 0.184. The number of piperidine rings is 1. The van der Waals surface area contributed by atoms with Crippen LogP contribution in [0.2, 0.25) is 0 Å². The van der Waals surface area contributed by atoms with Gasteiger partial charge in [-0.05, 0) is 55.8 Å². The fraction of sp³-hybridized carbons (Fsp3) is 0.929. The average Bonchev–Trinajstić information content (AvgIpc) is 3.17. The SMILES string of the molecule is CC1CCN(C(=O)NCC2(C3CC3)CC2)CC1. The highest BCUT2D eigenvalue weighted by molar-refractivity contribution is 5.74. The molecule has 2 aliphatic carbocycles. The van der Waals surface area contributed by atoms with Crippen LogP contribution in [0.3, 0.4) is 0 Å². The number of likely N-dealkylation sites (tertiary alicyclic amines) is 1. The first-order valence-corrected chi connectivity index (χ1v) is 7.22. The van der Waals surface area contributed by atoms with Crippen molar-refractivity contribution in [3.8, 4) is 0 Å². The van der Waals surface area contributed by atoms with Crippen LogP contribution < -0.4 is 5.32 Å². The zero-order valence-corrected chi connectivity index (χ0v) is 10.9. The molecule has 96 valence electrons. The molecule has 1 saturated heterocycles. The van der Waals surface area contributed by atoms with Crippen LogP contribution in [0.5, 0.6) is 0 Å². The second-order valence-electron chi connectivity index (χ2n) is 6.46. The van der Waals surface area contributed by atoms with Crippen molar-refractivity contribution in [1.82, 2.24) is 10.2 Å². The van der Waals surface area contributed by atoms with Gasteiger partial charge in [0.25, 0.3) is 0 Å². The number of rotatable bonds is 3. The van der Waals surface area contributed by atoms with Gasteiger partial charge in [-0.3, -0.25) is 0 Å². The van der Waals surface area contributed by atoms with Crippen molar-refractivity contribution in [2.45, 2.75) is 45.4 Å². The Labute approximate surface area is 104 Å². The van der Waals surface area contributed by atoms with Gasteiger partial charge in [-0.15, -0.1) is 0 Å². The Bertz CT molecular complexity index is 299. The van der Waals surface area contributed by atoms with Crippen molar-refractivity contribution in [2.24, 2.45) is 17.3 Å².